The number of nitrogens with zero attached hydrogens (tertiary/aromatic N) is 3. The standard InChI is InChI=1S/C24H33BrN4O/c1-6-8-13-29(14-9-7-2)20-12-10-11-19-23(20)28(4)24(26-19)27-22-17(3)15-18(25)16-21(22)30-5/h10-12,15-16H,6-9,13-14H2,1-5H3,(H,26,27). The van der Waals surface area contributed by atoms with Gasteiger partial charge in [-0.2, -0.15) is 0 Å². The number of anilines is 3. The van der Waals surface area contributed by atoms with Gasteiger partial charge in [0.15, 0.2) is 0 Å². The molecule has 0 atom stereocenters. The molecule has 30 heavy (non-hydrogen) atoms. The molecule has 0 aliphatic heterocycles. The number of fused-ring (bicyclic) bond motifs is 1. The molecule has 1 N–H and O–H groups in total. The molecule has 3 rings (SSSR count). The maximum atomic E-state index is 5.61. The Balaban J connectivity index is 2.04. The van der Waals surface area contributed by atoms with E-state index in [1.54, 1.807) is 7.11 Å². The Morgan fingerprint density at radius 1 is 1.13 bits per heavy atom. The highest BCUT2D eigenvalue weighted by molar-refractivity contribution is 9.10. The van der Waals surface area contributed by atoms with Gasteiger partial charge in [-0.1, -0.05) is 48.7 Å². The normalized spacial score (nSPS) is 11.1. The Kier molecular flexibility index (Phi) is 7.64. The number of benzene rings is 2. The fraction of sp³-hybridized carbons (Fsp3) is 0.458. The fourth-order valence-electron chi connectivity index (χ4n) is 3.81. The molecule has 0 bridgehead atoms. The highest BCUT2D eigenvalue weighted by Gasteiger charge is 2.18. The monoisotopic (exact) mass is 472 g/mol. The Bertz CT molecular complexity index is 991. The largest absolute Gasteiger partial charge is 0.495 e. The van der Waals surface area contributed by atoms with Gasteiger partial charge in [0, 0.05) is 24.6 Å². The molecule has 6 heteroatoms. The van der Waals surface area contributed by atoms with Crippen LogP contribution >= 0.6 is 15.9 Å². The number of aryl methyl sites for hydroxylation is 2. The highest BCUT2D eigenvalue weighted by atomic mass is 79.9. The van der Waals surface area contributed by atoms with Crippen LogP contribution in [0.2, 0.25) is 0 Å². The summed E-state index contributed by atoms with van der Waals surface area (Å²) in [4.78, 5) is 7.43. The minimum atomic E-state index is 0.793. The van der Waals surface area contributed by atoms with E-state index in [1.807, 2.05) is 6.07 Å². The van der Waals surface area contributed by atoms with E-state index in [0.29, 0.717) is 0 Å². The molecule has 0 amide bonds. The van der Waals surface area contributed by atoms with Crippen molar-refractivity contribution in [2.24, 2.45) is 7.05 Å². The molecule has 2 aromatic carbocycles. The SMILES string of the molecule is CCCCN(CCCC)c1cccc2nc(Nc3c(C)cc(Br)cc3OC)n(C)c12. The Hall–Kier alpha value is -2.21. The van der Waals surface area contributed by atoms with Gasteiger partial charge in [-0.3, -0.25) is 0 Å². The summed E-state index contributed by atoms with van der Waals surface area (Å²) in [6.45, 7) is 8.71. The van der Waals surface area contributed by atoms with E-state index < -0.39 is 0 Å². The number of para-hydroxylation sites is 1. The molecule has 1 aromatic heterocycles. The topological polar surface area (TPSA) is 42.3 Å². The second kappa shape index (κ2) is 10.2. The molecule has 0 saturated carbocycles. The van der Waals surface area contributed by atoms with Gasteiger partial charge in [0.05, 0.1) is 29.5 Å². The van der Waals surface area contributed by atoms with Crippen molar-refractivity contribution < 1.29 is 4.74 Å². The van der Waals surface area contributed by atoms with Crippen LogP contribution in [0.1, 0.15) is 45.1 Å². The van der Waals surface area contributed by atoms with E-state index in [9.17, 15) is 0 Å². The number of unbranched alkanes of at least 4 members (excludes halogenated alkanes) is 2. The van der Waals surface area contributed by atoms with Crippen LogP contribution in [0.3, 0.4) is 0 Å². The molecule has 5 nitrogen and oxygen atoms in total. The van der Waals surface area contributed by atoms with Gasteiger partial charge in [-0.15, -0.1) is 0 Å². The van der Waals surface area contributed by atoms with Crippen molar-refractivity contribution in [2.75, 3.05) is 30.4 Å². The number of ether oxygens (including phenoxy) is 1. The zero-order chi connectivity index (χ0) is 21.7. The van der Waals surface area contributed by atoms with Crippen LogP contribution in [-0.4, -0.2) is 29.8 Å². The van der Waals surface area contributed by atoms with E-state index >= 15 is 0 Å². The third-order valence-corrected chi connectivity index (χ3v) is 5.96. The molecule has 162 valence electrons. The van der Waals surface area contributed by atoms with Crippen molar-refractivity contribution in [1.82, 2.24) is 9.55 Å². The minimum Gasteiger partial charge on any atom is -0.495 e. The maximum Gasteiger partial charge on any atom is 0.208 e. The Morgan fingerprint density at radius 2 is 1.83 bits per heavy atom. The van der Waals surface area contributed by atoms with E-state index in [-0.39, 0.29) is 0 Å². The molecule has 0 aliphatic carbocycles. The van der Waals surface area contributed by atoms with Gasteiger partial charge >= 0.3 is 0 Å². The highest BCUT2D eigenvalue weighted by Crippen LogP contribution is 2.36. The number of hydrogen-bond donors (Lipinski definition) is 1. The molecule has 0 saturated heterocycles. The first kappa shape index (κ1) is 22.5. The summed E-state index contributed by atoms with van der Waals surface area (Å²) in [5, 5.41) is 3.52. The van der Waals surface area contributed by atoms with E-state index in [4.69, 9.17) is 9.72 Å². The average Bonchev–Trinajstić information content (AvgIpc) is 3.05. The van der Waals surface area contributed by atoms with Crippen LogP contribution in [-0.2, 0) is 7.05 Å². The lowest BCUT2D eigenvalue weighted by molar-refractivity contribution is 0.416. The molecule has 0 fully saturated rings. The predicted molar refractivity (Wildman–Crippen MR) is 131 cm³/mol. The molecule has 3 aromatic rings. The lowest BCUT2D eigenvalue weighted by Crippen LogP contribution is -2.26. The van der Waals surface area contributed by atoms with Crippen molar-refractivity contribution >= 4 is 44.3 Å². The zero-order valence-electron chi connectivity index (χ0n) is 18.8. The van der Waals surface area contributed by atoms with Crippen LogP contribution in [0.15, 0.2) is 34.8 Å². The van der Waals surface area contributed by atoms with Crippen LogP contribution in [0.4, 0.5) is 17.3 Å². The molecule has 1 heterocycles. The lowest BCUT2D eigenvalue weighted by Gasteiger charge is -2.25. The van der Waals surface area contributed by atoms with E-state index in [0.717, 1.165) is 46.0 Å². The van der Waals surface area contributed by atoms with Crippen molar-refractivity contribution in [3.8, 4) is 5.75 Å². The summed E-state index contributed by atoms with van der Waals surface area (Å²) in [6, 6.07) is 10.5. The number of hydrogen-bond acceptors (Lipinski definition) is 4. The second-order valence-electron chi connectivity index (χ2n) is 7.76. The molecule has 0 unspecified atom stereocenters. The van der Waals surface area contributed by atoms with Crippen molar-refractivity contribution in [1.29, 1.82) is 0 Å². The maximum absolute atomic E-state index is 5.61. The van der Waals surface area contributed by atoms with Crippen LogP contribution < -0.4 is 15.0 Å². The number of aromatic nitrogens is 2. The quantitative estimate of drug-likeness (QED) is 0.352. The van der Waals surface area contributed by atoms with Crippen LogP contribution in [0, 0.1) is 6.92 Å². The van der Waals surface area contributed by atoms with Gasteiger partial charge in [-0.05, 0) is 49.6 Å². The third kappa shape index (κ3) is 4.75. The lowest BCUT2D eigenvalue weighted by atomic mass is 10.2. The Labute approximate surface area is 188 Å². The van der Waals surface area contributed by atoms with Crippen molar-refractivity contribution in [3.63, 3.8) is 0 Å². The number of rotatable bonds is 10. The van der Waals surface area contributed by atoms with Crippen LogP contribution in [0.25, 0.3) is 11.0 Å². The number of methoxy groups -OCH3 is 1. The van der Waals surface area contributed by atoms with Crippen molar-refractivity contribution in [3.05, 3.63) is 40.4 Å². The Morgan fingerprint density at radius 3 is 2.47 bits per heavy atom. The first-order valence-corrected chi connectivity index (χ1v) is 11.6. The molecular formula is C24H33BrN4O. The first-order valence-electron chi connectivity index (χ1n) is 10.8. The summed E-state index contributed by atoms with van der Waals surface area (Å²) in [6.07, 6.45) is 4.77. The summed E-state index contributed by atoms with van der Waals surface area (Å²) < 4.78 is 8.77. The van der Waals surface area contributed by atoms with Gasteiger partial charge < -0.3 is 19.5 Å². The molecule has 0 spiro atoms. The van der Waals surface area contributed by atoms with Gasteiger partial charge in [0.2, 0.25) is 5.95 Å². The summed E-state index contributed by atoms with van der Waals surface area (Å²) in [5.74, 6) is 1.61. The third-order valence-electron chi connectivity index (χ3n) is 5.50. The predicted octanol–water partition coefficient (Wildman–Crippen LogP) is 6.80. The molecule has 0 aliphatic rings. The first-order chi connectivity index (χ1) is 14.5. The second-order valence-corrected chi connectivity index (χ2v) is 8.67. The number of nitrogens with one attached hydrogen (secondary N) is 1. The summed E-state index contributed by atoms with van der Waals surface area (Å²) in [7, 11) is 3.78. The van der Waals surface area contributed by atoms with Gasteiger partial charge in [0.25, 0.3) is 0 Å². The smallest absolute Gasteiger partial charge is 0.208 e. The van der Waals surface area contributed by atoms with E-state index in [1.165, 1.54) is 36.9 Å². The van der Waals surface area contributed by atoms with Gasteiger partial charge in [0.1, 0.15) is 5.75 Å². The summed E-state index contributed by atoms with van der Waals surface area (Å²) in [5.41, 5.74) is 5.47. The minimum absolute atomic E-state index is 0.793. The number of halogens is 1. The zero-order valence-corrected chi connectivity index (χ0v) is 20.3. The molecule has 0 radical (unpaired) electrons. The fourth-order valence-corrected chi connectivity index (χ4v) is 4.36. The number of imidazole rings is 1. The van der Waals surface area contributed by atoms with Crippen molar-refractivity contribution in [2.45, 2.75) is 46.5 Å². The summed E-state index contributed by atoms with van der Waals surface area (Å²) >= 11 is 3.55. The van der Waals surface area contributed by atoms with Crippen LogP contribution in [0.5, 0.6) is 5.75 Å². The molecular weight excluding hydrogens is 440 g/mol. The van der Waals surface area contributed by atoms with Gasteiger partial charge in [-0.25, -0.2) is 4.98 Å². The average molecular weight is 473 g/mol. The van der Waals surface area contributed by atoms with E-state index in [2.05, 4.69) is 82.8 Å².